The number of carbonyl (C=O) groups excluding carboxylic acids is 1. The van der Waals surface area contributed by atoms with E-state index in [1.165, 1.54) is 10.5 Å². The highest BCUT2D eigenvalue weighted by atomic mass is 32.2. The van der Waals surface area contributed by atoms with Gasteiger partial charge in [0.15, 0.2) is 0 Å². The second-order valence-corrected chi connectivity index (χ2v) is 8.02. The third kappa shape index (κ3) is 3.35. The van der Waals surface area contributed by atoms with E-state index in [-0.39, 0.29) is 22.6 Å². The molecule has 0 aliphatic carbocycles. The average molecular weight is 355 g/mol. The van der Waals surface area contributed by atoms with Crippen LogP contribution in [0.15, 0.2) is 40.0 Å². The lowest BCUT2D eigenvalue weighted by atomic mass is 9.93. The maximum atomic E-state index is 12.9. The highest BCUT2D eigenvalue weighted by molar-refractivity contribution is 8.01. The fraction of sp³-hybridized carbons (Fsp3) is 0.421. The Morgan fingerprint density at radius 2 is 2.04 bits per heavy atom. The Bertz CT molecular complexity index is 831. The molecule has 0 spiro atoms. The maximum absolute atomic E-state index is 12.9. The molecule has 1 N–H and O–H groups in total. The fourth-order valence-electron chi connectivity index (χ4n) is 3.73. The summed E-state index contributed by atoms with van der Waals surface area (Å²) in [5, 5.41) is 0.00823. The molecule has 2 aliphatic rings. The standard InChI is InChI=1S/C19H21N3O2S/c1-12-20-15(11-18(23)21-12)13-6-8-22(9-7-13)19(24)17-10-14-4-2-3-5-16(14)25-17/h2-5,11,13,17H,6-10H2,1H3,(H,20,21,23)/t17-/m0/s1. The van der Waals surface area contributed by atoms with Gasteiger partial charge in [0, 0.05) is 30.0 Å². The zero-order chi connectivity index (χ0) is 17.4. The highest BCUT2D eigenvalue weighted by Crippen LogP contribution is 2.38. The summed E-state index contributed by atoms with van der Waals surface area (Å²) in [5.74, 6) is 1.16. The second kappa shape index (κ2) is 6.67. The van der Waals surface area contributed by atoms with E-state index in [1.54, 1.807) is 24.8 Å². The van der Waals surface area contributed by atoms with Crippen molar-refractivity contribution in [2.45, 2.75) is 42.2 Å². The Kier molecular flexibility index (Phi) is 4.37. The molecule has 0 bridgehead atoms. The van der Waals surface area contributed by atoms with Gasteiger partial charge < -0.3 is 9.88 Å². The molecule has 2 aliphatic heterocycles. The summed E-state index contributed by atoms with van der Waals surface area (Å²) in [6, 6.07) is 9.87. The number of hydrogen-bond donors (Lipinski definition) is 1. The van der Waals surface area contributed by atoms with E-state index in [1.807, 2.05) is 17.0 Å². The number of benzene rings is 1. The molecular formula is C19H21N3O2S. The maximum Gasteiger partial charge on any atom is 0.251 e. The molecular weight excluding hydrogens is 334 g/mol. The molecule has 4 rings (SSSR count). The number of H-pyrrole nitrogens is 1. The lowest BCUT2D eigenvalue weighted by molar-refractivity contribution is -0.131. The van der Waals surface area contributed by atoms with Gasteiger partial charge in [-0.1, -0.05) is 18.2 Å². The minimum absolute atomic E-state index is 0.00823. The number of rotatable bonds is 2. The summed E-state index contributed by atoms with van der Waals surface area (Å²) >= 11 is 1.69. The third-order valence-electron chi connectivity index (χ3n) is 5.03. The number of piperidine rings is 1. The van der Waals surface area contributed by atoms with Crippen molar-refractivity contribution in [2.24, 2.45) is 0 Å². The van der Waals surface area contributed by atoms with Crippen LogP contribution in [0.2, 0.25) is 0 Å². The smallest absolute Gasteiger partial charge is 0.251 e. The third-order valence-corrected chi connectivity index (χ3v) is 6.33. The van der Waals surface area contributed by atoms with Gasteiger partial charge in [0.1, 0.15) is 5.82 Å². The Morgan fingerprint density at radius 3 is 2.76 bits per heavy atom. The van der Waals surface area contributed by atoms with Gasteiger partial charge >= 0.3 is 0 Å². The number of thioether (sulfide) groups is 1. The Balaban J connectivity index is 1.39. The summed E-state index contributed by atoms with van der Waals surface area (Å²) in [6.07, 6.45) is 2.56. The van der Waals surface area contributed by atoms with Gasteiger partial charge in [0.2, 0.25) is 5.91 Å². The molecule has 1 fully saturated rings. The number of nitrogens with one attached hydrogen (secondary N) is 1. The molecule has 0 radical (unpaired) electrons. The van der Waals surface area contributed by atoms with Crippen LogP contribution in [0, 0.1) is 6.92 Å². The number of aromatic amines is 1. The van der Waals surface area contributed by atoms with Gasteiger partial charge in [-0.15, -0.1) is 11.8 Å². The van der Waals surface area contributed by atoms with Crippen molar-refractivity contribution in [2.75, 3.05) is 13.1 Å². The molecule has 5 nitrogen and oxygen atoms in total. The number of hydrogen-bond acceptors (Lipinski definition) is 4. The molecule has 3 heterocycles. The zero-order valence-electron chi connectivity index (χ0n) is 14.2. The predicted octanol–water partition coefficient (Wildman–Crippen LogP) is 2.50. The normalized spacial score (nSPS) is 20.5. The summed E-state index contributed by atoms with van der Waals surface area (Å²) in [6.45, 7) is 3.29. The van der Waals surface area contributed by atoms with Gasteiger partial charge in [0.25, 0.3) is 5.56 Å². The summed E-state index contributed by atoms with van der Waals surface area (Å²) in [4.78, 5) is 34.9. The number of aryl methyl sites for hydroxylation is 1. The quantitative estimate of drug-likeness (QED) is 0.899. The van der Waals surface area contributed by atoms with Crippen LogP contribution in [-0.2, 0) is 11.2 Å². The number of aromatic nitrogens is 2. The van der Waals surface area contributed by atoms with E-state index < -0.39 is 0 Å². The van der Waals surface area contributed by atoms with E-state index in [9.17, 15) is 9.59 Å². The number of amides is 1. The first-order valence-corrected chi connectivity index (χ1v) is 9.59. The van der Waals surface area contributed by atoms with E-state index >= 15 is 0 Å². The molecule has 0 saturated carbocycles. The first-order chi connectivity index (χ1) is 12.1. The van der Waals surface area contributed by atoms with E-state index in [4.69, 9.17) is 0 Å². The lowest BCUT2D eigenvalue weighted by Gasteiger charge is -2.33. The predicted molar refractivity (Wildman–Crippen MR) is 97.9 cm³/mol. The summed E-state index contributed by atoms with van der Waals surface area (Å²) < 4.78 is 0. The van der Waals surface area contributed by atoms with Crippen molar-refractivity contribution >= 4 is 17.7 Å². The summed E-state index contributed by atoms with van der Waals surface area (Å²) in [7, 11) is 0. The molecule has 1 aromatic heterocycles. The number of likely N-dealkylation sites (tertiary alicyclic amines) is 1. The minimum atomic E-state index is -0.0962. The second-order valence-electron chi connectivity index (χ2n) is 6.77. The largest absolute Gasteiger partial charge is 0.342 e. The van der Waals surface area contributed by atoms with Crippen molar-refractivity contribution in [1.82, 2.24) is 14.9 Å². The Labute approximate surface area is 150 Å². The van der Waals surface area contributed by atoms with Gasteiger partial charge in [-0.3, -0.25) is 9.59 Å². The topological polar surface area (TPSA) is 66.1 Å². The van der Waals surface area contributed by atoms with Crippen molar-refractivity contribution in [3.05, 3.63) is 57.8 Å². The van der Waals surface area contributed by atoms with Crippen LogP contribution >= 0.6 is 11.8 Å². The van der Waals surface area contributed by atoms with E-state index in [0.29, 0.717) is 5.82 Å². The number of fused-ring (bicyclic) bond motifs is 1. The van der Waals surface area contributed by atoms with E-state index in [0.717, 1.165) is 38.0 Å². The monoisotopic (exact) mass is 355 g/mol. The zero-order valence-corrected chi connectivity index (χ0v) is 15.0. The summed E-state index contributed by atoms with van der Waals surface area (Å²) in [5.41, 5.74) is 2.04. The average Bonchev–Trinajstić information content (AvgIpc) is 3.04. The van der Waals surface area contributed by atoms with Crippen molar-refractivity contribution in [1.29, 1.82) is 0 Å². The molecule has 1 amide bonds. The van der Waals surface area contributed by atoms with Gasteiger partial charge in [-0.05, 0) is 37.8 Å². The molecule has 0 unspecified atom stereocenters. The van der Waals surface area contributed by atoms with Crippen molar-refractivity contribution < 1.29 is 4.79 Å². The Morgan fingerprint density at radius 1 is 1.28 bits per heavy atom. The molecule has 1 atom stereocenters. The van der Waals surface area contributed by atoms with Crippen molar-refractivity contribution in [3.8, 4) is 0 Å². The van der Waals surface area contributed by atoms with Crippen LogP contribution < -0.4 is 5.56 Å². The van der Waals surface area contributed by atoms with Crippen LogP contribution in [0.5, 0.6) is 0 Å². The lowest BCUT2D eigenvalue weighted by Crippen LogP contribution is -2.42. The first-order valence-electron chi connectivity index (χ1n) is 8.71. The first kappa shape index (κ1) is 16.4. The number of carbonyl (C=O) groups is 1. The van der Waals surface area contributed by atoms with Crippen LogP contribution in [0.3, 0.4) is 0 Å². The van der Waals surface area contributed by atoms with Crippen LogP contribution in [0.4, 0.5) is 0 Å². The van der Waals surface area contributed by atoms with Gasteiger partial charge in [-0.25, -0.2) is 4.98 Å². The molecule has 130 valence electrons. The molecule has 6 heteroatoms. The molecule has 25 heavy (non-hydrogen) atoms. The van der Waals surface area contributed by atoms with Crippen molar-refractivity contribution in [3.63, 3.8) is 0 Å². The van der Waals surface area contributed by atoms with Crippen LogP contribution in [0.25, 0.3) is 0 Å². The SMILES string of the molecule is Cc1nc(C2CCN(C(=O)[C@@H]3Cc4ccccc4S3)CC2)cc(=O)[nH]1. The highest BCUT2D eigenvalue weighted by Gasteiger charge is 2.33. The van der Waals surface area contributed by atoms with E-state index in [2.05, 4.69) is 22.1 Å². The van der Waals surface area contributed by atoms with Crippen LogP contribution in [0.1, 0.15) is 35.8 Å². The molecule has 1 saturated heterocycles. The number of nitrogens with zero attached hydrogens (tertiary/aromatic N) is 2. The van der Waals surface area contributed by atoms with Gasteiger partial charge in [-0.2, -0.15) is 0 Å². The molecule has 2 aromatic rings. The molecule has 1 aromatic carbocycles. The van der Waals surface area contributed by atoms with Gasteiger partial charge in [0.05, 0.1) is 10.9 Å². The minimum Gasteiger partial charge on any atom is -0.342 e. The fourth-order valence-corrected chi connectivity index (χ4v) is 5.01. The van der Waals surface area contributed by atoms with Crippen LogP contribution in [-0.4, -0.2) is 39.1 Å². The Hall–Kier alpha value is -2.08.